The normalized spacial score (nSPS) is 20.6. The number of halogens is 2. The average molecular weight is 353 g/mol. The largest absolute Gasteiger partial charge is 0.490 e. The summed E-state index contributed by atoms with van der Waals surface area (Å²) in [6, 6.07) is 3.27. The predicted octanol–water partition coefficient (Wildman–Crippen LogP) is 7.07. The summed E-state index contributed by atoms with van der Waals surface area (Å²) in [6.07, 6.45) is 12.5. The summed E-state index contributed by atoms with van der Waals surface area (Å²) >= 11 is 0. The van der Waals surface area contributed by atoms with Crippen molar-refractivity contribution in [3.05, 3.63) is 29.3 Å². The lowest BCUT2D eigenvalue weighted by Crippen LogP contribution is -2.20. The van der Waals surface area contributed by atoms with Crippen molar-refractivity contribution < 1.29 is 13.5 Å². The molecule has 1 fully saturated rings. The van der Waals surface area contributed by atoms with Crippen LogP contribution in [0.25, 0.3) is 0 Å². The van der Waals surface area contributed by atoms with Gasteiger partial charge in [0, 0.05) is 0 Å². The van der Waals surface area contributed by atoms with Gasteiger partial charge in [-0.1, -0.05) is 64.9 Å². The Morgan fingerprint density at radius 3 is 2.24 bits per heavy atom. The zero-order valence-corrected chi connectivity index (χ0v) is 16.0. The molecule has 1 aromatic rings. The van der Waals surface area contributed by atoms with Gasteiger partial charge in [0.2, 0.25) is 5.82 Å². The first-order chi connectivity index (χ1) is 12.2. The quantitative estimate of drug-likeness (QED) is 0.409. The second kappa shape index (κ2) is 10.8. The Balaban J connectivity index is 1.77. The summed E-state index contributed by atoms with van der Waals surface area (Å²) in [5.74, 6) is -0.144. The maximum Gasteiger partial charge on any atom is 0.200 e. The van der Waals surface area contributed by atoms with E-state index in [1.54, 1.807) is 12.1 Å². The first-order valence-electron chi connectivity index (χ1n) is 10.2. The van der Waals surface area contributed by atoms with Crippen LogP contribution in [0.3, 0.4) is 0 Å². The Bertz CT molecular complexity index is 507. The molecule has 0 bridgehead atoms. The van der Waals surface area contributed by atoms with Crippen molar-refractivity contribution in [2.75, 3.05) is 6.61 Å². The Hall–Kier alpha value is -1.12. The highest BCUT2D eigenvalue weighted by Crippen LogP contribution is 2.33. The lowest BCUT2D eigenvalue weighted by atomic mass is 9.80. The van der Waals surface area contributed by atoms with Crippen LogP contribution in [-0.2, 0) is 6.42 Å². The first kappa shape index (κ1) is 20.2. The second-order valence-corrected chi connectivity index (χ2v) is 7.65. The molecule has 1 aliphatic rings. The zero-order valence-electron chi connectivity index (χ0n) is 16.0. The van der Waals surface area contributed by atoms with Crippen LogP contribution in [0.5, 0.6) is 5.75 Å². The molecule has 0 aliphatic heterocycles. The molecule has 0 radical (unpaired) electrons. The molecule has 3 heteroatoms. The Morgan fingerprint density at radius 2 is 1.56 bits per heavy atom. The Labute approximate surface area is 152 Å². The van der Waals surface area contributed by atoms with Crippen LogP contribution < -0.4 is 4.74 Å². The molecule has 0 spiro atoms. The van der Waals surface area contributed by atoms with Crippen molar-refractivity contribution in [1.82, 2.24) is 0 Å². The van der Waals surface area contributed by atoms with Gasteiger partial charge in [-0.2, -0.15) is 4.39 Å². The van der Waals surface area contributed by atoms with E-state index in [2.05, 4.69) is 6.92 Å². The van der Waals surface area contributed by atoms with Gasteiger partial charge in [0.1, 0.15) is 0 Å². The molecule has 0 atom stereocenters. The van der Waals surface area contributed by atoms with Crippen molar-refractivity contribution in [1.29, 1.82) is 0 Å². The van der Waals surface area contributed by atoms with Crippen LogP contribution in [0.15, 0.2) is 12.1 Å². The molecule has 0 amide bonds. The molecule has 0 unspecified atom stereocenters. The first-order valence-corrected chi connectivity index (χ1v) is 10.2. The molecule has 2 rings (SSSR count). The van der Waals surface area contributed by atoms with Gasteiger partial charge in [-0.25, -0.2) is 4.39 Å². The number of hydrogen-bond acceptors (Lipinski definition) is 1. The van der Waals surface area contributed by atoms with Crippen molar-refractivity contribution in [3.8, 4) is 5.75 Å². The zero-order chi connectivity index (χ0) is 18.1. The Morgan fingerprint density at radius 1 is 0.880 bits per heavy atom. The molecule has 25 heavy (non-hydrogen) atoms. The van der Waals surface area contributed by atoms with Gasteiger partial charge in [-0.3, -0.25) is 0 Å². The molecule has 142 valence electrons. The van der Waals surface area contributed by atoms with Crippen LogP contribution in [0.4, 0.5) is 8.78 Å². The number of benzene rings is 1. The molecule has 0 heterocycles. The fourth-order valence-corrected chi connectivity index (χ4v) is 3.82. The van der Waals surface area contributed by atoms with E-state index in [-0.39, 0.29) is 5.75 Å². The van der Waals surface area contributed by atoms with Crippen molar-refractivity contribution >= 4 is 0 Å². The van der Waals surface area contributed by atoms with Gasteiger partial charge in [0.15, 0.2) is 11.6 Å². The highest BCUT2D eigenvalue weighted by atomic mass is 19.2. The summed E-state index contributed by atoms with van der Waals surface area (Å²) in [5.41, 5.74) is 0.458. The minimum absolute atomic E-state index is 0.0721. The van der Waals surface area contributed by atoms with E-state index in [9.17, 15) is 8.78 Å². The van der Waals surface area contributed by atoms with E-state index in [1.165, 1.54) is 38.5 Å². The second-order valence-electron chi connectivity index (χ2n) is 7.65. The van der Waals surface area contributed by atoms with Gasteiger partial charge in [0.25, 0.3) is 0 Å². The molecule has 0 N–H and O–H groups in total. The molecular formula is C22H34F2O. The number of aryl methyl sites for hydroxylation is 1. The summed E-state index contributed by atoms with van der Waals surface area (Å²) in [6.45, 7) is 4.79. The third-order valence-corrected chi connectivity index (χ3v) is 5.58. The van der Waals surface area contributed by atoms with E-state index in [4.69, 9.17) is 4.74 Å². The average Bonchev–Trinajstić information content (AvgIpc) is 2.63. The molecule has 1 nitrogen and oxygen atoms in total. The monoisotopic (exact) mass is 352 g/mol. The van der Waals surface area contributed by atoms with Gasteiger partial charge >= 0.3 is 0 Å². The van der Waals surface area contributed by atoms with E-state index >= 15 is 0 Å². The van der Waals surface area contributed by atoms with Gasteiger partial charge in [-0.05, 0) is 49.1 Å². The summed E-state index contributed by atoms with van der Waals surface area (Å²) in [5, 5.41) is 0. The Kier molecular flexibility index (Phi) is 8.71. The number of hydrogen-bond donors (Lipinski definition) is 0. The highest BCUT2D eigenvalue weighted by molar-refractivity contribution is 5.31. The van der Waals surface area contributed by atoms with Crippen LogP contribution in [0.1, 0.15) is 83.6 Å². The minimum Gasteiger partial charge on any atom is -0.490 e. The molecule has 1 aromatic carbocycles. The fraction of sp³-hybridized carbons (Fsp3) is 0.727. The fourth-order valence-electron chi connectivity index (χ4n) is 3.82. The van der Waals surface area contributed by atoms with Crippen LogP contribution in [0.2, 0.25) is 0 Å². The third kappa shape index (κ3) is 6.27. The SMILES string of the molecule is CCCCC[C@H]1CC[C@H](COc2ccc(CCCC)c(F)c2F)CC1. The van der Waals surface area contributed by atoms with Gasteiger partial charge < -0.3 is 4.74 Å². The molecule has 0 aromatic heterocycles. The lowest BCUT2D eigenvalue weighted by molar-refractivity contribution is 0.172. The number of ether oxygens (including phenoxy) is 1. The minimum atomic E-state index is -0.818. The molecule has 1 saturated carbocycles. The predicted molar refractivity (Wildman–Crippen MR) is 100 cm³/mol. The van der Waals surface area contributed by atoms with Crippen molar-refractivity contribution in [2.45, 2.75) is 84.5 Å². The maximum absolute atomic E-state index is 14.2. The van der Waals surface area contributed by atoms with Crippen LogP contribution in [-0.4, -0.2) is 6.61 Å². The number of unbranched alkanes of at least 4 members (excludes halogenated alkanes) is 3. The summed E-state index contributed by atoms with van der Waals surface area (Å²) < 4.78 is 33.9. The van der Waals surface area contributed by atoms with Crippen molar-refractivity contribution in [3.63, 3.8) is 0 Å². The topological polar surface area (TPSA) is 9.23 Å². The van der Waals surface area contributed by atoms with Gasteiger partial charge in [0.05, 0.1) is 6.61 Å². The molecule has 0 saturated heterocycles. The third-order valence-electron chi connectivity index (χ3n) is 5.58. The smallest absolute Gasteiger partial charge is 0.200 e. The van der Waals surface area contributed by atoms with Gasteiger partial charge in [-0.15, -0.1) is 0 Å². The summed E-state index contributed by atoms with van der Waals surface area (Å²) in [4.78, 5) is 0. The van der Waals surface area contributed by atoms with E-state index in [0.29, 0.717) is 24.5 Å². The molecular weight excluding hydrogens is 318 g/mol. The van der Waals surface area contributed by atoms with E-state index < -0.39 is 11.6 Å². The van der Waals surface area contributed by atoms with E-state index in [0.717, 1.165) is 31.6 Å². The summed E-state index contributed by atoms with van der Waals surface area (Å²) in [7, 11) is 0. The van der Waals surface area contributed by atoms with Crippen LogP contribution >= 0.6 is 0 Å². The highest BCUT2D eigenvalue weighted by Gasteiger charge is 2.22. The maximum atomic E-state index is 14.2. The lowest BCUT2D eigenvalue weighted by Gasteiger charge is -2.28. The number of rotatable bonds is 10. The molecule has 1 aliphatic carbocycles. The standard InChI is InChI=1S/C22H34F2O/c1-3-5-7-8-17-10-12-18(13-11-17)16-25-20-15-14-19(9-6-4-2)21(23)22(20)24/h14-15,17-18H,3-13,16H2,1-2H3/t17-,18-. The van der Waals surface area contributed by atoms with Crippen molar-refractivity contribution in [2.24, 2.45) is 11.8 Å². The van der Waals surface area contributed by atoms with Crippen LogP contribution in [0, 0.1) is 23.5 Å². The van der Waals surface area contributed by atoms with E-state index in [1.807, 2.05) is 6.92 Å².